The van der Waals surface area contributed by atoms with E-state index in [2.05, 4.69) is 4.90 Å². The molecule has 0 radical (unpaired) electrons. The Balaban J connectivity index is 1.63. The second-order valence-corrected chi connectivity index (χ2v) is 5.78. The molecule has 0 aromatic heterocycles. The third-order valence-corrected chi connectivity index (χ3v) is 4.38. The van der Waals surface area contributed by atoms with E-state index in [0.717, 1.165) is 37.2 Å². The maximum atomic E-state index is 10.9. The third kappa shape index (κ3) is 2.72. The number of fused-ring (bicyclic) bond motifs is 2. The van der Waals surface area contributed by atoms with E-state index in [4.69, 9.17) is 15.6 Å². The van der Waals surface area contributed by atoms with Crippen LogP contribution in [-0.2, 0) is 4.79 Å². The van der Waals surface area contributed by atoms with Gasteiger partial charge in [0.2, 0.25) is 0 Å². The molecule has 3 unspecified atom stereocenters. The van der Waals surface area contributed by atoms with Crippen LogP contribution in [0.2, 0.25) is 0 Å². The van der Waals surface area contributed by atoms with Crippen molar-refractivity contribution in [2.24, 2.45) is 5.92 Å². The molecule has 5 nitrogen and oxygen atoms in total. The van der Waals surface area contributed by atoms with Crippen molar-refractivity contribution in [3.63, 3.8) is 0 Å². The first-order valence-electron chi connectivity index (χ1n) is 7.10. The minimum Gasteiger partial charge on any atom is -0.490 e. The van der Waals surface area contributed by atoms with Gasteiger partial charge in [-0.15, -0.1) is 0 Å². The maximum Gasteiger partial charge on any atom is 0.317 e. The van der Waals surface area contributed by atoms with Gasteiger partial charge in [-0.2, -0.15) is 0 Å². The molecule has 1 aliphatic heterocycles. The Morgan fingerprint density at radius 1 is 1.35 bits per heavy atom. The van der Waals surface area contributed by atoms with Crippen molar-refractivity contribution >= 4 is 11.7 Å². The highest BCUT2D eigenvalue weighted by molar-refractivity contribution is 5.69. The number of carboxylic acids is 1. The van der Waals surface area contributed by atoms with Gasteiger partial charge in [0.25, 0.3) is 0 Å². The molecule has 5 heteroatoms. The number of aliphatic carboxylic acids is 1. The SMILES string of the molecule is Nc1ccc(OC2CCC3CC2CN3CC(=O)O)cc1. The van der Waals surface area contributed by atoms with Crippen LogP contribution in [0.25, 0.3) is 0 Å². The van der Waals surface area contributed by atoms with Gasteiger partial charge in [-0.25, -0.2) is 0 Å². The average molecular weight is 276 g/mol. The number of likely N-dealkylation sites (tertiary alicyclic amines) is 1. The summed E-state index contributed by atoms with van der Waals surface area (Å²) >= 11 is 0. The summed E-state index contributed by atoms with van der Waals surface area (Å²) in [6.45, 7) is 0.979. The van der Waals surface area contributed by atoms with Crippen LogP contribution >= 0.6 is 0 Å². The normalized spacial score (nSPS) is 29.3. The van der Waals surface area contributed by atoms with Crippen LogP contribution in [0.15, 0.2) is 24.3 Å². The molecule has 0 spiro atoms. The number of carboxylic acid groups (broad SMARTS) is 1. The Hall–Kier alpha value is -1.75. The lowest BCUT2D eigenvalue weighted by molar-refractivity contribution is -0.138. The van der Waals surface area contributed by atoms with E-state index in [-0.39, 0.29) is 12.6 Å². The molecule has 1 aromatic rings. The molecule has 0 amide bonds. The highest BCUT2D eigenvalue weighted by atomic mass is 16.5. The lowest BCUT2D eigenvalue weighted by atomic mass is 9.87. The van der Waals surface area contributed by atoms with Gasteiger partial charge in [-0.05, 0) is 43.5 Å². The minimum atomic E-state index is -0.742. The van der Waals surface area contributed by atoms with Gasteiger partial charge in [0.15, 0.2) is 0 Å². The molecule has 2 fully saturated rings. The zero-order valence-corrected chi connectivity index (χ0v) is 11.4. The molecule has 3 N–H and O–H groups in total. The summed E-state index contributed by atoms with van der Waals surface area (Å²) in [5.74, 6) is 0.540. The largest absolute Gasteiger partial charge is 0.490 e. The van der Waals surface area contributed by atoms with Crippen molar-refractivity contribution in [3.8, 4) is 5.75 Å². The van der Waals surface area contributed by atoms with Gasteiger partial charge < -0.3 is 15.6 Å². The van der Waals surface area contributed by atoms with Gasteiger partial charge in [0.05, 0.1) is 6.54 Å². The van der Waals surface area contributed by atoms with Crippen LogP contribution in [-0.4, -0.2) is 41.2 Å². The number of carbonyl (C=O) groups is 1. The summed E-state index contributed by atoms with van der Waals surface area (Å²) < 4.78 is 6.06. The highest BCUT2D eigenvalue weighted by Crippen LogP contribution is 2.37. The molecular formula is C15H20N2O3. The van der Waals surface area contributed by atoms with Crippen LogP contribution < -0.4 is 10.5 Å². The van der Waals surface area contributed by atoms with Crippen LogP contribution in [0.4, 0.5) is 5.69 Å². The second-order valence-electron chi connectivity index (χ2n) is 5.78. The number of benzene rings is 1. The van der Waals surface area contributed by atoms with Crippen LogP contribution in [0.5, 0.6) is 5.75 Å². The standard InChI is InChI=1S/C15H20N2O3/c16-11-1-4-13(5-2-11)20-14-6-3-12-7-10(14)8-17(12)9-15(18)19/h1-2,4-5,10,12,14H,3,6-9,16H2,(H,18,19). The van der Waals surface area contributed by atoms with E-state index in [1.807, 2.05) is 24.3 Å². The lowest BCUT2D eigenvalue weighted by Crippen LogP contribution is -2.34. The first-order chi connectivity index (χ1) is 9.61. The van der Waals surface area contributed by atoms with Crippen LogP contribution in [0.3, 0.4) is 0 Å². The third-order valence-electron chi connectivity index (χ3n) is 4.38. The summed E-state index contributed by atoms with van der Waals surface area (Å²) in [4.78, 5) is 12.9. The summed E-state index contributed by atoms with van der Waals surface area (Å²) in [6, 6.07) is 7.89. The molecule has 1 aliphatic carbocycles. The van der Waals surface area contributed by atoms with Crippen LogP contribution in [0.1, 0.15) is 19.3 Å². The van der Waals surface area contributed by atoms with E-state index in [0.29, 0.717) is 12.0 Å². The monoisotopic (exact) mass is 276 g/mol. The predicted molar refractivity (Wildman–Crippen MR) is 75.6 cm³/mol. The first-order valence-corrected chi connectivity index (χ1v) is 7.10. The summed E-state index contributed by atoms with van der Waals surface area (Å²) in [5.41, 5.74) is 6.40. The van der Waals surface area contributed by atoms with Gasteiger partial charge in [-0.3, -0.25) is 9.69 Å². The molecule has 1 aromatic carbocycles. The van der Waals surface area contributed by atoms with Crippen molar-refractivity contribution in [3.05, 3.63) is 24.3 Å². The van der Waals surface area contributed by atoms with E-state index in [1.54, 1.807) is 0 Å². The highest BCUT2D eigenvalue weighted by Gasteiger charge is 2.42. The van der Waals surface area contributed by atoms with E-state index in [9.17, 15) is 4.79 Å². The molecule has 3 atom stereocenters. The molecule has 1 heterocycles. The molecule has 20 heavy (non-hydrogen) atoms. The summed E-state index contributed by atoms with van der Waals surface area (Å²) in [7, 11) is 0. The van der Waals surface area contributed by atoms with Crippen molar-refractivity contribution in [2.45, 2.75) is 31.4 Å². The number of rotatable bonds is 4. The van der Waals surface area contributed by atoms with Crippen molar-refractivity contribution in [2.75, 3.05) is 18.8 Å². The van der Waals surface area contributed by atoms with Gasteiger partial charge in [-0.1, -0.05) is 0 Å². The first kappa shape index (κ1) is 13.2. The second kappa shape index (κ2) is 5.32. The maximum absolute atomic E-state index is 10.9. The van der Waals surface area contributed by atoms with Crippen molar-refractivity contribution in [1.82, 2.24) is 4.90 Å². The van der Waals surface area contributed by atoms with Crippen molar-refractivity contribution < 1.29 is 14.6 Å². The Morgan fingerprint density at radius 2 is 2.10 bits per heavy atom. The van der Waals surface area contributed by atoms with Gasteiger partial charge >= 0.3 is 5.97 Å². The number of hydrogen-bond donors (Lipinski definition) is 2. The van der Waals surface area contributed by atoms with Crippen molar-refractivity contribution in [1.29, 1.82) is 0 Å². The quantitative estimate of drug-likeness (QED) is 0.817. The molecule has 2 aliphatic rings. The predicted octanol–water partition coefficient (Wildman–Crippen LogP) is 1.59. The molecule has 1 saturated heterocycles. The van der Waals surface area contributed by atoms with E-state index in [1.165, 1.54) is 0 Å². The molecule has 2 bridgehead atoms. The molecule has 3 rings (SSSR count). The topological polar surface area (TPSA) is 75.8 Å². The number of nitrogen functional groups attached to an aromatic ring is 1. The Labute approximate surface area is 118 Å². The Bertz CT molecular complexity index is 488. The fourth-order valence-corrected chi connectivity index (χ4v) is 3.43. The zero-order valence-electron chi connectivity index (χ0n) is 11.4. The molecule has 1 saturated carbocycles. The summed E-state index contributed by atoms with van der Waals surface area (Å²) in [5, 5.41) is 8.94. The fourth-order valence-electron chi connectivity index (χ4n) is 3.43. The van der Waals surface area contributed by atoms with Gasteiger partial charge in [0, 0.05) is 24.2 Å². The Morgan fingerprint density at radius 3 is 2.80 bits per heavy atom. The minimum absolute atomic E-state index is 0.149. The lowest BCUT2D eigenvalue weighted by Gasteiger charge is -2.29. The zero-order chi connectivity index (χ0) is 14.1. The van der Waals surface area contributed by atoms with E-state index < -0.39 is 5.97 Å². The summed E-state index contributed by atoms with van der Waals surface area (Å²) in [6.07, 6.45) is 3.25. The van der Waals surface area contributed by atoms with Gasteiger partial charge in [0.1, 0.15) is 11.9 Å². The number of anilines is 1. The fraction of sp³-hybridized carbons (Fsp3) is 0.533. The molecular weight excluding hydrogens is 256 g/mol. The number of hydrogen-bond acceptors (Lipinski definition) is 4. The number of nitrogens with two attached hydrogens (primary N) is 1. The smallest absolute Gasteiger partial charge is 0.317 e. The van der Waals surface area contributed by atoms with E-state index >= 15 is 0 Å². The average Bonchev–Trinajstić information content (AvgIpc) is 2.72. The van der Waals surface area contributed by atoms with Crippen LogP contribution in [0, 0.1) is 5.92 Å². The Kier molecular flexibility index (Phi) is 3.53. The number of ether oxygens (including phenoxy) is 1. The molecule has 108 valence electrons. The number of nitrogens with zero attached hydrogens (tertiary/aromatic N) is 1.